The zero-order chi connectivity index (χ0) is 21.6. The number of nitrogens with zero attached hydrogens (tertiary/aromatic N) is 1. The third-order valence-corrected chi connectivity index (χ3v) is 6.08. The van der Waals surface area contributed by atoms with Gasteiger partial charge in [0.2, 0.25) is 0 Å². The van der Waals surface area contributed by atoms with Crippen LogP contribution in [0, 0.1) is 6.92 Å². The standard InChI is InChI=1S/C25H33F3N2/c1-3-19(21-15-18(2)16-22(17-21)25(26,27)28)9-6-4-5-7-11-23-13-12-20-10-8-14-29-24(20)30-23/h12-13,15-17,19H,3-11,14H2,1-2H3,(H,29,30)/t19-/m1/s1. The van der Waals surface area contributed by atoms with Crippen molar-refractivity contribution in [1.82, 2.24) is 4.98 Å². The van der Waals surface area contributed by atoms with E-state index in [1.54, 1.807) is 6.92 Å². The number of aromatic nitrogens is 1. The molecule has 1 N–H and O–H groups in total. The van der Waals surface area contributed by atoms with Crippen LogP contribution in [0.1, 0.15) is 85.7 Å². The lowest BCUT2D eigenvalue weighted by atomic mass is 9.88. The summed E-state index contributed by atoms with van der Waals surface area (Å²) in [4.78, 5) is 4.75. The predicted molar refractivity (Wildman–Crippen MR) is 117 cm³/mol. The molecule has 2 aromatic rings. The van der Waals surface area contributed by atoms with Crippen LogP contribution in [-0.4, -0.2) is 11.5 Å². The largest absolute Gasteiger partial charge is 0.416 e. The first-order valence-electron chi connectivity index (χ1n) is 11.3. The van der Waals surface area contributed by atoms with Crippen LogP contribution in [0.4, 0.5) is 19.0 Å². The molecule has 30 heavy (non-hydrogen) atoms. The number of nitrogens with one attached hydrogen (secondary N) is 1. The van der Waals surface area contributed by atoms with Gasteiger partial charge in [0.15, 0.2) is 0 Å². The summed E-state index contributed by atoms with van der Waals surface area (Å²) in [6.45, 7) is 4.82. The number of unbranched alkanes of at least 4 members (excludes halogenated alkanes) is 3. The van der Waals surface area contributed by atoms with E-state index < -0.39 is 11.7 Å². The first-order chi connectivity index (χ1) is 14.4. The van der Waals surface area contributed by atoms with Crippen molar-refractivity contribution < 1.29 is 13.2 Å². The predicted octanol–water partition coefficient (Wildman–Crippen LogP) is 7.45. The van der Waals surface area contributed by atoms with Crippen molar-refractivity contribution >= 4 is 5.82 Å². The molecular formula is C25H33F3N2. The normalized spacial score (nSPS) is 14.8. The molecule has 1 atom stereocenters. The molecule has 3 rings (SSSR count). The maximum absolute atomic E-state index is 13.1. The molecule has 0 saturated heterocycles. The van der Waals surface area contributed by atoms with Gasteiger partial charge in [-0.15, -0.1) is 0 Å². The molecule has 5 heteroatoms. The Balaban J connectivity index is 1.44. The molecule has 2 heterocycles. The average molecular weight is 419 g/mol. The molecule has 1 aliphatic heterocycles. The molecule has 0 spiro atoms. The molecule has 2 nitrogen and oxygen atoms in total. The molecule has 1 aromatic heterocycles. The average Bonchev–Trinajstić information content (AvgIpc) is 2.72. The number of aryl methyl sites for hydroxylation is 3. The van der Waals surface area contributed by atoms with E-state index in [0.717, 1.165) is 75.0 Å². The Morgan fingerprint density at radius 1 is 1.07 bits per heavy atom. The number of benzene rings is 1. The van der Waals surface area contributed by atoms with Gasteiger partial charge >= 0.3 is 6.18 Å². The number of fused-ring (bicyclic) bond motifs is 1. The van der Waals surface area contributed by atoms with Crippen molar-refractivity contribution in [2.45, 2.75) is 83.7 Å². The van der Waals surface area contributed by atoms with E-state index in [1.807, 2.05) is 6.07 Å². The van der Waals surface area contributed by atoms with E-state index in [1.165, 1.54) is 24.1 Å². The number of halogens is 3. The van der Waals surface area contributed by atoms with Crippen LogP contribution < -0.4 is 5.32 Å². The molecule has 1 aliphatic rings. The molecule has 0 bridgehead atoms. The second-order valence-electron chi connectivity index (χ2n) is 8.53. The fraction of sp³-hybridized carbons (Fsp3) is 0.560. The van der Waals surface area contributed by atoms with Crippen molar-refractivity contribution in [3.05, 3.63) is 58.3 Å². The van der Waals surface area contributed by atoms with E-state index in [-0.39, 0.29) is 5.92 Å². The van der Waals surface area contributed by atoms with Crippen LogP contribution in [0.3, 0.4) is 0 Å². The maximum Gasteiger partial charge on any atom is 0.416 e. The van der Waals surface area contributed by atoms with Gasteiger partial charge in [0.05, 0.1) is 5.56 Å². The van der Waals surface area contributed by atoms with Gasteiger partial charge in [-0.1, -0.05) is 43.9 Å². The number of anilines is 1. The maximum atomic E-state index is 13.1. The monoisotopic (exact) mass is 418 g/mol. The minimum absolute atomic E-state index is 0.194. The van der Waals surface area contributed by atoms with Crippen LogP contribution in [0.15, 0.2) is 30.3 Å². The van der Waals surface area contributed by atoms with Gasteiger partial charge in [-0.05, 0) is 80.7 Å². The van der Waals surface area contributed by atoms with Crippen molar-refractivity contribution in [3.8, 4) is 0 Å². The van der Waals surface area contributed by atoms with Crippen LogP contribution >= 0.6 is 0 Å². The number of rotatable bonds is 9. The Morgan fingerprint density at radius 2 is 1.87 bits per heavy atom. The fourth-order valence-corrected chi connectivity index (χ4v) is 4.38. The van der Waals surface area contributed by atoms with Gasteiger partial charge < -0.3 is 5.32 Å². The minimum Gasteiger partial charge on any atom is -0.370 e. The zero-order valence-electron chi connectivity index (χ0n) is 18.1. The van der Waals surface area contributed by atoms with E-state index in [9.17, 15) is 13.2 Å². The fourth-order valence-electron chi connectivity index (χ4n) is 4.38. The van der Waals surface area contributed by atoms with Crippen LogP contribution in [-0.2, 0) is 19.0 Å². The summed E-state index contributed by atoms with van der Waals surface area (Å²) in [5.74, 6) is 1.25. The van der Waals surface area contributed by atoms with Gasteiger partial charge in [0.1, 0.15) is 5.82 Å². The Morgan fingerprint density at radius 3 is 2.63 bits per heavy atom. The summed E-state index contributed by atoms with van der Waals surface area (Å²) in [6, 6.07) is 8.85. The van der Waals surface area contributed by atoms with Crippen LogP contribution in [0.5, 0.6) is 0 Å². The zero-order valence-corrected chi connectivity index (χ0v) is 18.1. The lowest BCUT2D eigenvalue weighted by Crippen LogP contribution is -2.13. The van der Waals surface area contributed by atoms with Gasteiger partial charge in [0, 0.05) is 12.2 Å². The Hall–Kier alpha value is -2.04. The van der Waals surface area contributed by atoms with E-state index in [0.29, 0.717) is 5.56 Å². The number of hydrogen-bond acceptors (Lipinski definition) is 2. The highest BCUT2D eigenvalue weighted by Gasteiger charge is 2.31. The lowest BCUT2D eigenvalue weighted by Gasteiger charge is -2.18. The van der Waals surface area contributed by atoms with E-state index in [4.69, 9.17) is 4.98 Å². The summed E-state index contributed by atoms with van der Waals surface area (Å²) in [5.41, 5.74) is 3.46. The summed E-state index contributed by atoms with van der Waals surface area (Å²) >= 11 is 0. The molecule has 0 radical (unpaired) electrons. The number of hydrogen-bond donors (Lipinski definition) is 1. The first kappa shape index (κ1) is 22.6. The van der Waals surface area contributed by atoms with Gasteiger partial charge in [-0.3, -0.25) is 0 Å². The molecule has 0 unspecified atom stereocenters. The van der Waals surface area contributed by atoms with Crippen molar-refractivity contribution in [2.24, 2.45) is 0 Å². The molecule has 0 amide bonds. The second-order valence-corrected chi connectivity index (χ2v) is 8.53. The Kier molecular flexibility index (Phi) is 7.79. The van der Waals surface area contributed by atoms with Crippen molar-refractivity contribution in [1.29, 1.82) is 0 Å². The highest BCUT2D eigenvalue weighted by Crippen LogP contribution is 2.34. The van der Waals surface area contributed by atoms with Crippen LogP contribution in [0.25, 0.3) is 0 Å². The molecular weight excluding hydrogens is 385 g/mol. The summed E-state index contributed by atoms with van der Waals surface area (Å²) in [6.07, 6.45) is 5.19. The number of pyridine rings is 1. The summed E-state index contributed by atoms with van der Waals surface area (Å²) < 4.78 is 39.4. The summed E-state index contributed by atoms with van der Waals surface area (Å²) in [5, 5.41) is 3.38. The van der Waals surface area contributed by atoms with Crippen LogP contribution in [0.2, 0.25) is 0 Å². The molecule has 0 aliphatic carbocycles. The molecule has 1 aromatic carbocycles. The van der Waals surface area contributed by atoms with Crippen molar-refractivity contribution in [3.63, 3.8) is 0 Å². The van der Waals surface area contributed by atoms with Gasteiger partial charge in [0.25, 0.3) is 0 Å². The first-order valence-corrected chi connectivity index (χ1v) is 11.3. The quantitative estimate of drug-likeness (QED) is 0.428. The molecule has 0 fully saturated rings. The van der Waals surface area contributed by atoms with E-state index >= 15 is 0 Å². The number of alkyl halides is 3. The third-order valence-electron chi connectivity index (χ3n) is 6.08. The SMILES string of the molecule is CC[C@H](CCCCCCc1ccc2c(n1)NCCC2)c1cc(C)cc(C(F)(F)F)c1. The highest BCUT2D eigenvalue weighted by atomic mass is 19.4. The topological polar surface area (TPSA) is 24.9 Å². The lowest BCUT2D eigenvalue weighted by molar-refractivity contribution is -0.137. The summed E-state index contributed by atoms with van der Waals surface area (Å²) in [7, 11) is 0. The van der Waals surface area contributed by atoms with Gasteiger partial charge in [-0.25, -0.2) is 4.98 Å². The van der Waals surface area contributed by atoms with Crippen molar-refractivity contribution in [2.75, 3.05) is 11.9 Å². The van der Waals surface area contributed by atoms with Gasteiger partial charge in [-0.2, -0.15) is 13.2 Å². The Labute approximate surface area is 178 Å². The second kappa shape index (κ2) is 10.3. The highest BCUT2D eigenvalue weighted by molar-refractivity contribution is 5.47. The third kappa shape index (κ3) is 6.23. The molecule has 0 saturated carbocycles. The molecule has 164 valence electrons. The smallest absolute Gasteiger partial charge is 0.370 e. The Bertz CT molecular complexity index is 830. The van der Waals surface area contributed by atoms with E-state index in [2.05, 4.69) is 24.4 Å². The minimum atomic E-state index is -4.28.